The lowest BCUT2D eigenvalue weighted by Gasteiger charge is -2.41. The number of aliphatic hydroxyl groups is 1. The quantitative estimate of drug-likeness (QED) is 0.678. The first-order valence-corrected chi connectivity index (χ1v) is 13.4. The summed E-state index contributed by atoms with van der Waals surface area (Å²) in [5.74, 6) is 2.27. The molecule has 0 spiro atoms. The predicted octanol–water partition coefficient (Wildman–Crippen LogP) is 4.21. The van der Waals surface area contributed by atoms with Gasteiger partial charge in [0, 0.05) is 29.3 Å². The average molecular weight is 473 g/mol. The third kappa shape index (κ3) is 3.53. The Kier molecular flexibility index (Phi) is 5.19. The van der Waals surface area contributed by atoms with Crippen molar-refractivity contribution >= 4 is 34.2 Å². The van der Waals surface area contributed by atoms with Gasteiger partial charge in [-0.1, -0.05) is 23.7 Å². The van der Waals surface area contributed by atoms with E-state index in [2.05, 4.69) is 22.3 Å². The molecule has 2 N–H and O–H groups in total. The molecule has 2 saturated carbocycles. The van der Waals surface area contributed by atoms with E-state index in [4.69, 9.17) is 21.6 Å². The van der Waals surface area contributed by atoms with Crippen LogP contribution in [0.2, 0.25) is 5.02 Å². The molecule has 3 fully saturated rings. The van der Waals surface area contributed by atoms with Gasteiger partial charge in [-0.2, -0.15) is 4.98 Å². The van der Waals surface area contributed by atoms with Crippen molar-refractivity contribution in [3.8, 4) is 0 Å². The number of nitrogens with one attached hydrogen (secondary N) is 1. The second kappa shape index (κ2) is 7.96. The standard InChI is InChI=1S/C24H29ClN4O2S/c25-17-6-4-16(5-7-17)15-3-1-11-29(12-8-15)23-26-20-18-13-19(18)32(31)21(20)22(27-23)28-24(14-30)9-2-10-24/h4-7,15,18-19,30H,1-3,8-14H2,(H,26,27,28)/t15?,18?,19?,32-/m0/s1. The maximum atomic E-state index is 13.0. The molecule has 1 saturated heterocycles. The molecule has 32 heavy (non-hydrogen) atoms. The number of benzene rings is 1. The topological polar surface area (TPSA) is 78.3 Å². The first kappa shape index (κ1) is 20.9. The lowest BCUT2D eigenvalue weighted by molar-refractivity contribution is 0.143. The zero-order valence-electron chi connectivity index (χ0n) is 18.1. The highest BCUT2D eigenvalue weighted by Gasteiger charge is 2.54. The molecule has 1 aromatic heterocycles. The van der Waals surface area contributed by atoms with Gasteiger partial charge in [0.05, 0.1) is 28.6 Å². The Labute approximate surface area is 196 Å². The molecule has 0 bridgehead atoms. The van der Waals surface area contributed by atoms with E-state index in [0.29, 0.717) is 17.7 Å². The smallest absolute Gasteiger partial charge is 0.227 e. The van der Waals surface area contributed by atoms with E-state index < -0.39 is 10.8 Å². The molecule has 6 nitrogen and oxygen atoms in total. The van der Waals surface area contributed by atoms with E-state index in [-0.39, 0.29) is 17.4 Å². The average Bonchev–Trinajstić information content (AvgIpc) is 3.56. The van der Waals surface area contributed by atoms with E-state index >= 15 is 0 Å². The van der Waals surface area contributed by atoms with Gasteiger partial charge in [0.2, 0.25) is 5.95 Å². The van der Waals surface area contributed by atoms with Crippen LogP contribution in [0, 0.1) is 0 Å². The summed E-state index contributed by atoms with van der Waals surface area (Å²) in [5, 5.41) is 14.5. The van der Waals surface area contributed by atoms with E-state index in [1.54, 1.807) is 0 Å². The number of halogens is 1. The molecule has 3 unspecified atom stereocenters. The number of nitrogens with zero attached hydrogens (tertiary/aromatic N) is 3. The number of fused-ring (bicyclic) bond motifs is 3. The summed E-state index contributed by atoms with van der Waals surface area (Å²) in [7, 11) is -1.04. The van der Waals surface area contributed by atoms with Crippen LogP contribution in [0.1, 0.15) is 68.0 Å². The van der Waals surface area contributed by atoms with Crippen molar-refractivity contribution in [2.45, 2.75) is 72.5 Å². The minimum absolute atomic E-state index is 0.0765. The summed E-state index contributed by atoms with van der Waals surface area (Å²) >= 11 is 6.08. The minimum atomic E-state index is -1.04. The number of hydrogen-bond acceptors (Lipinski definition) is 6. The fourth-order valence-electron chi connectivity index (χ4n) is 5.52. The van der Waals surface area contributed by atoms with E-state index in [1.165, 1.54) is 5.56 Å². The van der Waals surface area contributed by atoms with Crippen molar-refractivity contribution < 1.29 is 9.32 Å². The van der Waals surface area contributed by atoms with Crippen LogP contribution in [-0.4, -0.2) is 49.8 Å². The van der Waals surface area contributed by atoms with Crippen molar-refractivity contribution in [3.05, 3.63) is 40.5 Å². The highest BCUT2D eigenvalue weighted by molar-refractivity contribution is 7.86. The van der Waals surface area contributed by atoms with E-state index in [9.17, 15) is 9.32 Å². The lowest BCUT2D eigenvalue weighted by atomic mass is 9.77. The van der Waals surface area contributed by atoms with Crippen LogP contribution in [0.3, 0.4) is 0 Å². The molecule has 2 aliphatic carbocycles. The largest absolute Gasteiger partial charge is 0.394 e. The number of rotatable bonds is 5. The molecule has 3 heterocycles. The molecule has 4 aliphatic rings. The molecular formula is C24H29ClN4O2S. The van der Waals surface area contributed by atoms with Gasteiger partial charge in [0.15, 0.2) is 0 Å². The van der Waals surface area contributed by atoms with Crippen LogP contribution in [0.5, 0.6) is 0 Å². The molecule has 6 rings (SSSR count). The van der Waals surface area contributed by atoms with Gasteiger partial charge >= 0.3 is 0 Å². The molecular weight excluding hydrogens is 444 g/mol. The molecule has 170 valence electrons. The molecule has 2 aliphatic heterocycles. The van der Waals surface area contributed by atoms with Crippen LogP contribution < -0.4 is 10.2 Å². The Hall–Kier alpha value is -1.70. The molecule has 0 radical (unpaired) electrons. The van der Waals surface area contributed by atoms with Crippen LogP contribution in [0.15, 0.2) is 29.2 Å². The van der Waals surface area contributed by atoms with E-state index in [0.717, 1.165) is 79.6 Å². The van der Waals surface area contributed by atoms with Crippen molar-refractivity contribution in [1.29, 1.82) is 0 Å². The van der Waals surface area contributed by atoms with Crippen molar-refractivity contribution in [2.75, 3.05) is 29.9 Å². The number of hydrogen-bond donors (Lipinski definition) is 2. The minimum Gasteiger partial charge on any atom is -0.394 e. The van der Waals surface area contributed by atoms with Crippen LogP contribution in [-0.2, 0) is 10.8 Å². The summed E-state index contributed by atoms with van der Waals surface area (Å²) < 4.78 is 13.0. The zero-order valence-corrected chi connectivity index (χ0v) is 19.7. The van der Waals surface area contributed by atoms with Gasteiger partial charge < -0.3 is 15.3 Å². The highest BCUT2D eigenvalue weighted by atomic mass is 35.5. The zero-order chi connectivity index (χ0) is 21.9. The van der Waals surface area contributed by atoms with Gasteiger partial charge in [-0.3, -0.25) is 4.21 Å². The maximum absolute atomic E-state index is 13.0. The summed E-state index contributed by atoms with van der Waals surface area (Å²) in [6, 6.07) is 8.24. The van der Waals surface area contributed by atoms with Crippen molar-refractivity contribution in [1.82, 2.24) is 9.97 Å². The predicted molar refractivity (Wildman–Crippen MR) is 127 cm³/mol. The van der Waals surface area contributed by atoms with Crippen LogP contribution in [0.4, 0.5) is 11.8 Å². The Bertz CT molecular complexity index is 1050. The van der Waals surface area contributed by atoms with Gasteiger partial charge in [-0.25, -0.2) is 4.98 Å². The van der Waals surface area contributed by atoms with Crippen LogP contribution in [0.25, 0.3) is 0 Å². The fourth-order valence-corrected chi connectivity index (χ4v) is 7.45. The number of anilines is 2. The fraction of sp³-hybridized carbons (Fsp3) is 0.583. The summed E-state index contributed by atoms with van der Waals surface area (Å²) in [6.07, 6.45) is 7.17. The van der Waals surface area contributed by atoms with E-state index in [1.807, 2.05) is 12.1 Å². The molecule has 8 heteroatoms. The van der Waals surface area contributed by atoms with Gasteiger partial charge in [0.25, 0.3) is 0 Å². The maximum Gasteiger partial charge on any atom is 0.227 e. The third-order valence-corrected chi connectivity index (χ3v) is 9.92. The van der Waals surface area contributed by atoms with Gasteiger partial charge in [-0.15, -0.1) is 0 Å². The molecule has 4 atom stereocenters. The van der Waals surface area contributed by atoms with Crippen LogP contribution >= 0.6 is 11.6 Å². The van der Waals surface area contributed by atoms with Crippen molar-refractivity contribution in [3.63, 3.8) is 0 Å². The number of aliphatic hydroxyl groups excluding tert-OH is 1. The monoisotopic (exact) mass is 472 g/mol. The summed E-state index contributed by atoms with van der Waals surface area (Å²) in [6.45, 7) is 1.89. The molecule has 2 aromatic rings. The van der Waals surface area contributed by atoms with Gasteiger partial charge in [0.1, 0.15) is 10.7 Å². The normalized spacial score (nSPS) is 30.1. The van der Waals surface area contributed by atoms with Gasteiger partial charge in [-0.05, 0) is 68.6 Å². The molecule has 1 aromatic carbocycles. The third-order valence-electron chi connectivity index (χ3n) is 7.79. The Morgan fingerprint density at radius 1 is 1.16 bits per heavy atom. The lowest BCUT2D eigenvalue weighted by Crippen LogP contribution is -2.48. The second-order valence-electron chi connectivity index (χ2n) is 9.85. The first-order chi connectivity index (χ1) is 15.6. The van der Waals surface area contributed by atoms with Crippen molar-refractivity contribution in [2.24, 2.45) is 0 Å². The second-order valence-corrected chi connectivity index (χ2v) is 11.9. The summed E-state index contributed by atoms with van der Waals surface area (Å²) in [5.41, 5.74) is 2.00. The first-order valence-electron chi connectivity index (χ1n) is 11.8. The Morgan fingerprint density at radius 2 is 1.97 bits per heavy atom. The molecule has 0 amide bonds. The Morgan fingerprint density at radius 3 is 2.69 bits per heavy atom. The summed E-state index contributed by atoms with van der Waals surface area (Å²) in [4.78, 5) is 13.0. The number of aromatic nitrogens is 2. The SMILES string of the molecule is O=[S@@]1c2c(NC3(CO)CCC3)nc(N3CCCC(c4ccc(Cl)cc4)CC3)nc2C2CC21. The Balaban J connectivity index is 1.28. The highest BCUT2D eigenvalue weighted by Crippen LogP contribution is 2.56.